The van der Waals surface area contributed by atoms with Gasteiger partial charge in [-0.15, -0.1) is 0 Å². The number of rotatable bonds is 5. The molecule has 0 bridgehead atoms. The topological polar surface area (TPSA) is 29.1 Å². The third-order valence-corrected chi connectivity index (χ3v) is 3.75. The Morgan fingerprint density at radius 1 is 1.14 bits per heavy atom. The molecule has 0 radical (unpaired) electrons. The lowest BCUT2D eigenvalue weighted by Gasteiger charge is -2.19. The van der Waals surface area contributed by atoms with Crippen LogP contribution < -0.4 is 5.32 Å². The van der Waals surface area contributed by atoms with E-state index in [2.05, 4.69) is 44.3 Å². The Labute approximate surface area is 132 Å². The predicted octanol–water partition coefficient (Wildman–Crippen LogP) is 4.58. The Balaban J connectivity index is 2.06. The largest absolute Gasteiger partial charge is 0.346 e. The molecule has 1 amide bonds. The Morgan fingerprint density at radius 3 is 2.50 bits per heavy atom. The maximum absolute atomic E-state index is 12.1. The molecule has 0 spiro atoms. The molecule has 0 aromatic heterocycles. The second-order valence-electron chi connectivity index (χ2n) is 5.57. The number of aryl methyl sites for hydroxylation is 2. The van der Waals surface area contributed by atoms with Gasteiger partial charge in [0.05, 0.1) is 6.04 Å². The third kappa shape index (κ3) is 4.32. The average molecular weight is 293 g/mol. The summed E-state index contributed by atoms with van der Waals surface area (Å²) in [4.78, 5) is 12.1. The summed E-state index contributed by atoms with van der Waals surface area (Å²) in [7, 11) is 0. The van der Waals surface area contributed by atoms with Gasteiger partial charge in [0.2, 0.25) is 5.91 Å². The molecule has 2 rings (SSSR count). The van der Waals surface area contributed by atoms with Gasteiger partial charge in [0, 0.05) is 6.08 Å². The van der Waals surface area contributed by atoms with Crippen LogP contribution in [0.3, 0.4) is 0 Å². The highest BCUT2D eigenvalue weighted by Crippen LogP contribution is 2.21. The quantitative estimate of drug-likeness (QED) is 0.803. The first kappa shape index (κ1) is 16.0. The van der Waals surface area contributed by atoms with Crippen molar-refractivity contribution in [3.8, 4) is 0 Å². The molecule has 1 atom stereocenters. The summed E-state index contributed by atoms with van der Waals surface area (Å²) in [6.07, 6.45) is 4.31. The van der Waals surface area contributed by atoms with E-state index in [9.17, 15) is 4.79 Å². The summed E-state index contributed by atoms with van der Waals surface area (Å²) in [5, 5.41) is 3.09. The van der Waals surface area contributed by atoms with Gasteiger partial charge in [-0.2, -0.15) is 0 Å². The zero-order valence-corrected chi connectivity index (χ0v) is 13.5. The highest BCUT2D eigenvalue weighted by molar-refractivity contribution is 5.92. The molecule has 2 nitrogen and oxygen atoms in total. The molecule has 1 N–H and O–H groups in total. The number of amides is 1. The fraction of sp³-hybridized carbons (Fsp3) is 0.250. The van der Waals surface area contributed by atoms with E-state index in [1.807, 2.05) is 36.4 Å². The lowest BCUT2D eigenvalue weighted by molar-refractivity contribution is -0.117. The summed E-state index contributed by atoms with van der Waals surface area (Å²) >= 11 is 0. The van der Waals surface area contributed by atoms with Crippen LogP contribution in [0, 0.1) is 13.8 Å². The number of carbonyl (C=O) groups is 1. The van der Waals surface area contributed by atoms with Crippen molar-refractivity contribution >= 4 is 12.0 Å². The maximum Gasteiger partial charge on any atom is 0.244 e. The zero-order valence-electron chi connectivity index (χ0n) is 13.5. The van der Waals surface area contributed by atoms with Crippen molar-refractivity contribution in [2.75, 3.05) is 0 Å². The average Bonchev–Trinajstić information content (AvgIpc) is 2.52. The van der Waals surface area contributed by atoms with Gasteiger partial charge in [-0.1, -0.05) is 61.0 Å². The molecule has 0 saturated heterocycles. The van der Waals surface area contributed by atoms with Crippen molar-refractivity contribution in [1.82, 2.24) is 5.32 Å². The molecular weight excluding hydrogens is 270 g/mol. The first-order valence-electron chi connectivity index (χ1n) is 7.71. The summed E-state index contributed by atoms with van der Waals surface area (Å²) in [6, 6.07) is 16.3. The van der Waals surface area contributed by atoms with E-state index in [-0.39, 0.29) is 11.9 Å². The monoisotopic (exact) mass is 293 g/mol. The fourth-order valence-electron chi connectivity index (χ4n) is 2.57. The number of hydrogen-bond acceptors (Lipinski definition) is 1. The van der Waals surface area contributed by atoms with Crippen molar-refractivity contribution in [3.63, 3.8) is 0 Å². The van der Waals surface area contributed by atoms with Crippen molar-refractivity contribution in [2.24, 2.45) is 0 Å². The minimum atomic E-state index is -0.0596. The molecule has 0 unspecified atom stereocenters. The molecule has 0 heterocycles. The van der Waals surface area contributed by atoms with Crippen molar-refractivity contribution in [3.05, 3.63) is 76.9 Å². The SMILES string of the molecule is CC[C@H](NC(=O)/C=C/c1ccccc1)c1ccc(C)cc1C. The first-order valence-corrected chi connectivity index (χ1v) is 7.71. The van der Waals surface area contributed by atoms with E-state index in [1.54, 1.807) is 6.08 Å². The van der Waals surface area contributed by atoms with Crippen LogP contribution in [0.2, 0.25) is 0 Å². The van der Waals surface area contributed by atoms with Crippen LogP contribution in [-0.4, -0.2) is 5.91 Å². The molecular formula is C20H23NO. The van der Waals surface area contributed by atoms with Crippen molar-refractivity contribution < 1.29 is 4.79 Å². The van der Waals surface area contributed by atoms with Crippen LogP contribution in [0.25, 0.3) is 6.08 Å². The molecule has 22 heavy (non-hydrogen) atoms. The summed E-state index contributed by atoms with van der Waals surface area (Å²) in [6.45, 7) is 6.26. The predicted molar refractivity (Wildman–Crippen MR) is 92.6 cm³/mol. The van der Waals surface area contributed by atoms with Gasteiger partial charge in [-0.05, 0) is 43.0 Å². The van der Waals surface area contributed by atoms with Gasteiger partial charge < -0.3 is 5.32 Å². The molecule has 2 aromatic rings. The van der Waals surface area contributed by atoms with Crippen LogP contribution in [0.5, 0.6) is 0 Å². The number of carbonyl (C=O) groups excluding carboxylic acids is 1. The van der Waals surface area contributed by atoms with Crippen LogP contribution >= 0.6 is 0 Å². The van der Waals surface area contributed by atoms with Gasteiger partial charge in [0.1, 0.15) is 0 Å². The second kappa shape index (κ2) is 7.60. The summed E-state index contributed by atoms with van der Waals surface area (Å²) in [5.41, 5.74) is 4.68. The van der Waals surface area contributed by atoms with Gasteiger partial charge in [-0.25, -0.2) is 0 Å². The molecule has 0 aliphatic rings. The normalized spacial score (nSPS) is 12.3. The molecule has 0 saturated carbocycles. The van der Waals surface area contributed by atoms with E-state index in [0.29, 0.717) is 0 Å². The van der Waals surface area contributed by atoms with E-state index in [1.165, 1.54) is 16.7 Å². The number of benzene rings is 2. The van der Waals surface area contributed by atoms with Gasteiger partial charge in [-0.3, -0.25) is 4.79 Å². The third-order valence-electron chi connectivity index (χ3n) is 3.75. The Morgan fingerprint density at radius 2 is 1.86 bits per heavy atom. The van der Waals surface area contributed by atoms with Gasteiger partial charge in [0.25, 0.3) is 0 Å². The van der Waals surface area contributed by atoms with E-state index in [4.69, 9.17) is 0 Å². The van der Waals surface area contributed by atoms with E-state index < -0.39 is 0 Å². The van der Waals surface area contributed by atoms with Crippen LogP contribution in [0.4, 0.5) is 0 Å². The molecule has 2 aromatic carbocycles. The summed E-state index contributed by atoms with van der Waals surface area (Å²) in [5.74, 6) is -0.0596. The Hall–Kier alpha value is -2.35. The standard InChI is InChI=1S/C20H23NO/c1-4-19(18-12-10-15(2)14-16(18)3)21-20(22)13-11-17-8-6-5-7-9-17/h5-14,19H,4H2,1-3H3,(H,21,22)/b13-11+/t19-/m0/s1. The highest BCUT2D eigenvalue weighted by Gasteiger charge is 2.13. The Bertz CT molecular complexity index is 659. The molecule has 2 heteroatoms. The van der Waals surface area contributed by atoms with Gasteiger partial charge >= 0.3 is 0 Å². The smallest absolute Gasteiger partial charge is 0.244 e. The first-order chi connectivity index (χ1) is 10.6. The minimum absolute atomic E-state index is 0.0496. The molecule has 0 fully saturated rings. The maximum atomic E-state index is 12.1. The van der Waals surface area contributed by atoms with Gasteiger partial charge in [0.15, 0.2) is 0 Å². The lowest BCUT2D eigenvalue weighted by atomic mass is 9.97. The molecule has 114 valence electrons. The number of nitrogens with one attached hydrogen (secondary N) is 1. The van der Waals surface area contributed by atoms with Crippen LogP contribution in [0.15, 0.2) is 54.6 Å². The molecule has 0 aliphatic carbocycles. The second-order valence-corrected chi connectivity index (χ2v) is 5.57. The minimum Gasteiger partial charge on any atom is -0.346 e. The zero-order chi connectivity index (χ0) is 15.9. The van der Waals surface area contributed by atoms with E-state index >= 15 is 0 Å². The Kier molecular flexibility index (Phi) is 5.54. The fourth-order valence-corrected chi connectivity index (χ4v) is 2.57. The van der Waals surface area contributed by atoms with Crippen molar-refractivity contribution in [1.29, 1.82) is 0 Å². The highest BCUT2D eigenvalue weighted by atomic mass is 16.1. The number of hydrogen-bond donors (Lipinski definition) is 1. The van der Waals surface area contributed by atoms with Crippen LogP contribution in [-0.2, 0) is 4.79 Å². The lowest BCUT2D eigenvalue weighted by Crippen LogP contribution is -2.26. The van der Waals surface area contributed by atoms with E-state index in [0.717, 1.165) is 12.0 Å². The summed E-state index contributed by atoms with van der Waals surface area (Å²) < 4.78 is 0. The van der Waals surface area contributed by atoms with Crippen molar-refractivity contribution in [2.45, 2.75) is 33.2 Å². The molecule has 0 aliphatic heterocycles. The van der Waals surface area contributed by atoms with Crippen LogP contribution in [0.1, 0.15) is 41.6 Å².